The van der Waals surface area contributed by atoms with Crippen LogP contribution in [0.15, 0.2) is 16.9 Å². The Hall–Kier alpha value is -1.43. The molecule has 206 valence electrons. The van der Waals surface area contributed by atoms with Gasteiger partial charge in [-0.1, -0.05) is 0 Å². The first-order valence-corrected chi connectivity index (χ1v) is 14.4. The predicted molar refractivity (Wildman–Crippen MR) is 149 cm³/mol. The van der Waals surface area contributed by atoms with Crippen molar-refractivity contribution in [3.63, 3.8) is 0 Å². The third-order valence-corrected chi connectivity index (χ3v) is 8.93. The smallest absolute Gasteiger partial charge is 0.261 e. The first-order valence-electron chi connectivity index (χ1n) is 13.3. The number of likely N-dealkylation sites (tertiary alicyclic amines) is 1. The van der Waals surface area contributed by atoms with Crippen LogP contribution in [0, 0.1) is 11.7 Å². The molecule has 0 amide bonds. The molecule has 0 atom stereocenters. The van der Waals surface area contributed by atoms with E-state index in [9.17, 15) is 9.18 Å². The SMILES string of the molecule is Cl.O=c1[nH]c(CSC2CCOCC2)nc2cc(OCC3CCN(CCN4CCNCC4)CC3)cc(F)c12. The second-order valence-electron chi connectivity index (χ2n) is 10.1. The average molecular weight is 556 g/mol. The van der Waals surface area contributed by atoms with E-state index in [-0.39, 0.29) is 17.8 Å². The van der Waals surface area contributed by atoms with Gasteiger partial charge in [0.1, 0.15) is 22.8 Å². The monoisotopic (exact) mass is 555 g/mol. The summed E-state index contributed by atoms with van der Waals surface area (Å²) in [4.78, 5) is 25.0. The second-order valence-corrected chi connectivity index (χ2v) is 11.4. The van der Waals surface area contributed by atoms with Crippen molar-refractivity contribution in [2.24, 2.45) is 5.92 Å². The number of halogens is 2. The van der Waals surface area contributed by atoms with Crippen LogP contribution in [0.2, 0.25) is 0 Å². The third-order valence-electron chi connectivity index (χ3n) is 7.54. The Balaban J connectivity index is 0.00000320. The molecule has 3 saturated heterocycles. The quantitative estimate of drug-likeness (QED) is 0.489. The lowest BCUT2D eigenvalue weighted by Crippen LogP contribution is -2.47. The number of benzene rings is 1. The highest BCUT2D eigenvalue weighted by Crippen LogP contribution is 2.26. The highest BCUT2D eigenvalue weighted by Gasteiger charge is 2.21. The second kappa shape index (κ2) is 14.1. The van der Waals surface area contributed by atoms with Crippen LogP contribution in [-0.4, -0.2) is 97.2 Å². The Bertz CT molecular complexity index is 1060. The summed E-state index contributed by atoms with van der Waals surface area (Å²) in [5.41, 5.74) is -0.0705. The molecule has 3 aliphatic rings. The summed E-state index contributed by atoms with van der Waals surface area (Å²) in [6, 6.07) is 3.02. The molecule has 0 saturated carbocycles. The number of piperidine rings is 1. The zero-order valence-electron chi connectivity index (χ0n) is 21.4. The summed E-state index contributed by atoms with van der Waals surface area (Å²) in [5, 5.41) is 3.90. The van der Waals surface area contributed by atoms with Gasteiger partial charge in [-0.15, -0.1) is 12.4 Å². The van der Waals surface area contributed by atoms with Gasteiger partial charge in [-0.3, -0.25) is 9.69 Å². The number of rotatable bonds is 9. The third kappa shape index (κ3) is 8.03. The van der Waals surface area contributed by atoms with E-state index in [0.717, 1.165) is 91.3 Å². The maximum absolute atomic E-state index is 14.8. The normalized spacial score (nSPS) is 20.7. The molecular formula is C26H39ClFN5O3S. The molecule has 0 bridgehead atoms. The number of nitrogens with one attached hydrogen (secondary N) is 2. The van der Waals surface area contributed by atoms with Crippen LogP contribution in [-0.2, 0) is 10.5 Å². The average Bonchev–Trinajstić information content (AvgIpc) is 2.91. The number of thioether (sulfide) groups is 1. The molecule has 2 aromatic rings. The standard InChI is InChI=1S/C26H38FN5O3S.ClH/c27-22-15-20(35-17-19-1-7-31(8-2-19)11-12-32-9-5-28-6-10-32)16-23-25(22)26(33)30-24(29-23)18-36-21-3-13-34-14-4-21;/h15-16,19,21,28H,1-14,17-18H2,(H,29,30,33);1H. The van der Waals surface area contributed by atoms with Gasteiger partial charge in [0.05, 0.1) is 17.9 Å². The van der Waals surface area contributed by atoms with Crippen molar-refractivity contribution < 1.29 is 13.9 Å². The maximum Gasteiger partial charge on any atom is 0.261 e. The van der Waals surface area contributed by atoms with Crippen LogP contribution in [0.3, 0.4) is 0 Å². The van der Waals surface area contributed by atoms with Crippen molar-refractivity contribution in [2.75, 3.05) is 72.2 Å². The van der Waals surface area contributed by atoms with E-state index in [0.29, 0.717) is 40.6 Å². The summed E-state index contributed by atoms with van der Waals surface area (Å²) in [5.74, 6) is 1.49. The van der Waals surface area contributed by atoms with Crippen LogP contribution < -0.4 is 15.6 Å². The molecule has 4 heterocycles. The number of hydrogen-bond donors (Lipinski definition) is 2. The maximum atomic E-state index is 14.8. The molecule has 5 rings (SSSR count). The minimum atomic E-state index is -0.581. The first-order chi connectivity index (χ1) is 17.6. The molecule has 37 heavy (non-hydrogen) atoms. The van der Waals surface area contributed by atoms with Crippen LogP contribution in [0.4, 0.5) is 4.39 Å². The van der Waals surface area contributed by atoms with Gasteiger partial charge < -0.3 is 24.7 Å². The molecule has 0 aliphatic carbocycles. The summed E-state index contributed by atoms with van der Waals surface area (Å²) in [7, 11) is 0. The molecule has 11 heteroatoms. The predicted octanol–water partition coefficient (Wildman–Crippen LogP) is 2.89. The van der Waals surface area contributed by atoms with Crippen molar-refractivity contribution >= 4 is 35.1 Å². The van der Waals surface area contributed by atoms with Gasteiger partial charge in [0.25, 0.3) is 5.56 Å². The lowest BCUT2D eigenvalue weighted by atomic mass is 9.98. The minimum Gasteiger partial charge on any atom is -0.493 e. The minimum absolute atomic E-state index is 0. The Morgan fingerprint density at radius 3 is 2.49 bits per heavy atom. The van der Waals surface area contributed by atoms with Gasteiger partial charge >= 0.3 is 0 Å². The molecule has 8 nitrogen and oxygen atoms in total. The van der Waals surface area contributed by atoms with E-state index in [2.05, 4.69) is 25.1 Å². The van der Waals surface area contributed by atoms with Crippen molar-refractivity contribution in [1.82, 2.24) is 25.1 Å². The van der Waals surface area contributed by atoms with Crippen LogP contribution in [0.1, 0.15) is 31.5 Å². The van der Waals surface area contributed by atoms with Crippen molar-refractivity contribution in [1.29, 1.82) is 0 Å². The van der Waals surface area contributed by atoms with E-state index >= 15 is 0 Å². The van der Waals surface area contributed by atoms with Gasteiger partial charge in [-0.2, -0.15) is 11.8 Å². The number of fused-ring (bicyclic) bond motifs is 1. The molecule has 3 fully saturated rings. The van der Waals surface area contributed by atoms with Gasteiger partial charge in [0, 0.05) is 69.9 Å². The van der Waals surface area contributed by atoms with E-state index in [4.69, 9.17) is 9.47 Å². The molecule has 1 aromatic carbocycles. The lowest BCUT2D eigenvalue weighted by Gasteiger charge is -2.34. The number of aromatic amines is 1. The number of piperazine rings is 1. The van der Waals surface area contributed by atoms with E-state index < -0.39 is 11.4 Å². The molecule has 3 aliphatic heterocycles. The fourth-order valence-electron chi connectivity index (χ4n) is 5.25. The van der Waals surface area contributed by atoms with Gasteiger partial charge in [-0.05, 0) is 44.7 Å². The lowest BCUT2D eigenvalue weighted by molar-refractivity contribution is 0.1000. The fourth-order valence-corrected chi connectivity index (χ4v) is 6.30. The Morgan fingerprint density at radius 1 is 1.05 bits per heavy atom. The van der Waals surface area contributed by atoms with Crippen LogP contribution in [0.5, 0.6) is 5.75 Å². The molecule has 1 aromatic heterocycles. The summed E-state index contributed by atoms with van der Waals surface area (Å²) in [6.45, 7) is 11.0. The number of nitrogens with zero attached hydrogens (tertiary/aromatic N) is 3. The van der Waals surface area contributed by atoms with Gasteiger partial charge in [0.2, 0.25) is 0 Å². The molecule has 0 spiro atoms. The molecule has 0 radical (unpaired) electrons. The molecular weight excluding hydrogens is 517 g/mol. The molecule has 0 unspecified atom stereocenters. The van der Waals surface area contributed by atoms with Crippen LogP contribution in [0.25, 0.3) is 10.9 Å². The van der Waals surface area contributed by atoms with Crippen LogP contribution >= 0.6 is 24.2 Å². The summed E-state index contributed by atoms with van der Waals surface area (Å²) >= 11 is 1.77. The number of hydrogen-bond acceptors (Lipinski definition) is 8. The Morgan fingerprint density at radius 2 is 1.76 bits per heavy atom. The van der Waals surface area contributed by atoms with E-state index in [1.54, 1.807) is 17.8 Å². The first kappa shape index (κ1) is 28.6. The van der Waals surface area contributed by atoms with E-state index in [1.165, 1.54) is 6.07 Å². The largest absolute Gasteiger partial charge is 0.493 e. The topological polar surface area (TPSA) is 82.7 Å². The number of aromatic nitrogens is 2. The zero-order valence-corrected chi connectivity index (χ0v) is 23.0. The van der Waals surface area contributed by atoms with Crippen molar-refractivity contribution in [3.8, 4) is 5.75 Å². The number of H-pyrrole nitrogens is 1. The zero-order chi connectivity index (χ0) is 24.7. The number of ether oxygens (including phenoxy) is 2. The summed E-state index contributed by atoms with van der Waals surface area (Å²) in [6.07, 6.45) is 4.18. The Labute approximate surface area is 228 Å². The van der Waals surface area contributed by atoms with Gasteiger partial charge in [0.15, 0.2) is 0 Å². The van der Waals surface area contributed by atoms with Gasteiger partial charge in [-0.25, -0.2) is 9.37 Å². The highest BCUT2D eigenvalue weighted by atomic mass is 35.5. The highest BCUT2D eigenvalue weighted by molar-refractivity contribution is 7.99. The Kier molecular flexibility index (Phi) is 10.9. The summed E-state index contributed by atoms with van der Waals surface area (Å²) < 4.78 is 26.2. The van der Waals surface area contributed by atoms with Crippen molar-refractivity contribution in [3.05, 3.63) is 34.1 Å². The van der Waals surface area contributed by atoms with E-state index in [1.807, 2.05) is 0 Å². The molecule has 2 N–H and O–H groups in total. The van der Waals surface area contributed by atoms with Crippen molar-refractivity contribution in [2.45, 2.75) is 36.7 Å². The fraction of sp³-hybridized carbons (Fsp3) is 0.692.